The highest BCUT2D eigenvalue weighted by Crippen LogP contribution is 2.33. The summed E-state index contributed by atoms with van der Waals surface area (Å²) in [7, 11) is 0. The van der Waals surface area contributed by atoms with Gasteiger partial charge in [0.1, 0.15) is 11.5 Å². The van der Waals surface area contributed by atoms with E-state index < -0.39 is 6.43 Å². The maximum absolute atomic E-state index is 12.8. The Kier molecular flexibility index (Phi) is 3.46. The molecule has 0 spiro atoms. The van der Waals surface area contributed by atoms with Gasteiger partial charge in [0.15, 0.2) is 0 Å². The zero-order chi connectivity index (χ0) is 13.1. The Morgan fingerprint density at radius 3 is 2.33 bits per heavy atom. The number of benzene rings is 2. The molecule has 0 aromatic heterocycles. The van der Waals surface area contributed by atoms with E-state index >= 15 is 0 Å². The zero-order valence-corrected chi connectivity index (χ0v) is 9.86. The summed E-state index contributed by atoms with van der Waals surface area (Å²) in [5.74, 6) is 0.648. The SMILES string of the molecule is Cc1ccc(Oc2ccc(N)cc2C(F)F)cc1. The summed E-state index contributed by atoms with van der Waals surface area (Å²) < 4.78 is 31.1. The van der Waals surface area contributed by atoms with Gasteiger partial charge in [-0.3, -0.25) is 0 Å². The third-order valence-corrected chi connectivity index (χ3v) is 2.52. The van der Waals surface area contributed by atoms with Gasteiger partial charge in [-0.05, 0) is 37.3 Å². The average Bonchev–Trinajstić information content (AvgIpc) is 2.34. The first-order chi connectivity index (χ1) is 8.56. The van der Waals surface area contributed by atoms with Gasteiger partial charge < -0.3 is 10.5 Å². The monoisotopic (exact) mass is 249 g/mol. The molecule has 94 valence electrons. The summed E-state index contributed by atoms with van der Waals surface area (Å²) in [4.78, 5) is 0. The van der Waals surface area contributed by atoms with Crippen molar-refractivity contribution in [2.45, 2.75) is 13.3 Å². The minimum Gasteiger partial charge on any atom is -0.457 e. The molecule has 0 fully saturated rings. The lowest BCUT2D eigenvalue weighted by atomic mass is 10.2. The zero-order valence-electron chi connectivity index (χ0n) is 9.86. The number of rotatable bonds is 3. The number of anilines is 1. The van der Waals surface area contributed by atoms with Crippen molar-refractivity contribution >= 4 is 5.69 Å². The molecule has 0 heterocycles. The number of nitrogens with two attached hydrogens (primary N) is 1. The molecular weight excluding hydrogens is 236 g/mol. The molecule has 0 saturated carbocycles. The second kappa shape index (κ2) is 5.04. The van der Waals surface area contributed by atoms with Gasteiger partial charge in [-0.25, -0.2) is 8.78 Å². The van der Waals surface area contributed by atoms with Crippen molar-refractivity contribution in [1.29, 1.82) is 0 Å². The van der Waals surface area contributed by atoms with E-state index in [9.17, 15) is 8.78 Å². The smallest absolute Gasteiger partial charge is 0.267 e. The minimum absolute atomic E-state index is 0.128. The quantitative estimate of drug-likeness (QED) is 0.823. The first-order valence-electron chi connectivity index (χ1n) is 5.48. The lowest BCUT2D eigenvalue weighted by molar-refractivity contribution is 0.148. The van der Waals surface area contributed by atoms with Crippen LogP contribution in [0.1, 0.15) is 17.6 Å². The van der Waals surface area contributed by atoms with Crippen molar-refractivity contribution in [2.75, 3.05) is 5.73 Å². The fraction of sp³-hybridized carbons (Fsp3) is 0.143. The van der Waals surface area contributed by atoms with Crippen LogP contribution in [0.3, 0.4) is 0 Å². The maximum Gasteiger partial charge on any atom is 0.267 e. The molecule has 18 heavy (non-hydrogen) atoms. The van der Waals surface area contributed by atoms with Crippen LogP contribution in [0, 0.1) is 6.92 Å². The topological polar surface area (TPSA) is 35.2 Å². The predicted molar refractivity (Wildman–Crippen MR) is 67.1 cm³/mol. The Hall–Kier alpha value is -2.10. The fourth-order valence-corrected chi connectivity index (χ4v) is 1.56. The van der Waals surface area contributed by atoms with Crippen LogP contribution < -0.4 is 10.5 Å². The van der Waals surface area contributed by atoms with Gasteiger partial charge in [0.05, 0.1) is 5.56 Å². The number of aryl methyl sites for hydroxylation is 1. The highest BCUT2D eigenvalue weighted by atomic mass is 19.3. The van der Waals surface area contributed by atoms with Gasteiger partial charge in [0, 0.05) is 5.69 Å². The van der Waals surface area contributed by atoms with Crippen molar-refractivity contribution in [3.63, 3.8) is 0 Å². The highest BCUT2D eigenvalue weighted by Gasteiger charge is 2.15. The van der Waals surface area contributed by atoms with Crippen LogP contribution >= 0.6 is 0 Å². The van der Waals surface area contributed by atoms with Gasteiger partial charge in [-0.2, -0.15) is 0 Å². The maximum atomic E-state index is 12.8. The molecule has 0 saturated heterocycles. The number of nitrogen functional groups attached to an aromatic ring is 1. The van der Waals surface area contributed by atoms with Crippen LogP contribution in [-0.4, -0.2) is 0 Å². The first-order valence-corrected chi connectivity index (χ1v) is 5.48. The molecule has 2 rings (SSSR count). The van der Waals surface area contributed by atoms with Crippen molar-refractivity contribution in [2.24, 2.45) is 0 Å². The standard InChI is InChI=1S/C14H13F2NO/c1-9-2-5-11(6-3-9)18-13-7-4-10(17)8-12(13)14(15)16/h2-8,14H,17H2,1H3. The van der Waals surface area contributed by atoms with E-state index in [-0.39, 0.29) is 11.3 Å². The summed E-state index contributed by atoms with van der Waals surface area (Å²) in [6.45, 7) is 1.94. The molecule has 4 heteroatoms. The van der Waals surface area contributed by atoms with Crippen molar-refractivity contribution in [1.82, 2.24) is 0 Å². The fourth-order valence-electron chi connectivity index (χ4n) is 1.56. The number of hydrogen-bond acceptors (Lipinski definition) is 2. The van der Waals surface area contributed by atoms with Crippen molar-refractivity contribution in [3.05, 3.63) is 53.6 Å². The average molecular weight is 249 g/mol. The summed E-state index contributed by atoms with van der Waals surface area (Å²) in [5, 5.41) is 0. The second-order valence-corrected chi connectivity index (χ2v) is 4.01. The normalized spacial score (nSPS) is 10.7. The Balaban J connectivity index is 2.31. The number of halogens is 2. The summed E-state index contributed by atoms with van der Waals surface area (Å²) in [6, 6.07) is 11.4. The Bertz CT molecular complexity index is 538. The molecule has 2 aromatic carbocycles. The van der Waals surface area contributed by atoms with Gasteiger partial charge >= 0.3 is 0 Å². The molecule has 2 aromatic rings. The van der Waals surface area contributed by atoms with Crippen LogP contribution in [0.25, 0.3) is 0 Å². The molecule has 0 bridgehead atoms. The lowest BCUT2D eigenvalue weighted by Crippen LogP contribution is -1.95. The molecule has 0 aliphatic heterocycles. The van der Waals surface area contributed by atoms with Crippen LogP contribution in [-0.2, 0) is 0 Å². The van der Waals surface area contributed by atoms with E-state index in [2.05, 4.69) is 0 Å². The number of hydrogen-bond donors (Lipinski definition) is 1. The molecule has 0 aliphatic rings. The molecule has 2 N–H and O–H groups in total. The van der Waals surface area contributed by atoms with E-state index in [4.69, 9.17) is 10.5 Å². The highest BCUT2D eigenvalue weighted by molar-refractivity contribution is 5.49. The van der Waals surface area contributed by atoms with Crippen LogP contribution in [0.15, 0.2) is 42.5 Å². The molecule has 0 amide bonds. The van der Waals surface area contributed by atoms with E-state index in [1.807, 2.05) is 19.1 Å². The minimum atomic E-state index is -2.62. The van der Waals surface area contributed by atoms with Crippen molar-refractivity contribution < 1.29 is 13.5 Å². The van der Waals surface area contributed by atoms with Crippen molar-refractivity contribution in [3.8, 4) is 11.5 Å². The predicted octanol–water partition coefficient (Wildman–Crippen LogP) is 4.31. The number of alkyl halides is 2. The van der Waals surface area contributed by atoms with Gasteiger partial charge in [-0.1, -0.05) is 17.7 Å². The van der Waals surface area contributed by atoms with E-state index in [1.165, 1.54) is 18.2 Å². The third-order valence-electron chi connectivity index (χ3n) is 2.52. The van der Waals surface area contributed by atoms with E-state index in [0.29, 0.717) is 11.4 Å². The Morgan fingerprint density at radius 1 is 1.06 bits per heavy atom. The summed E-state index contributed by atoms with van der Waals surface area (Å²) >= 11 is 0. The number of ether oxygens (including phenoxy) is 1. The third kappa shape index (κ3) is 2.77. The van der Waals surface area contributed by atoms with Gasteiger partial charge in [-0.15, -0.1) is 0 Å². The molecule has 2 nitrogen and oxygen atoms in total. The van der Waals surface area contributed by atoms with Crippen LogP contribution in [0.5, 0.6) is 11.5 Å². The molecule has 0 radical (unpaired) electrons. The lowest BCUT2D eigenvalue weighted by Gasteiger charge is -2.11. The first kappa shape index (κ1) is 12.4. The van der Waals surface area contributed by atoms with Gasteiger partial charge in [0.2, 0.25) is 0 Å². The largest absolute Gasteiger partial charge is 0.457 e. The van der Waals surface area contributed by atoms with Crippen LogP contribution in [0.2, 0.25) is 0 Å². The Morgan fingerprint density at radius 2 is 1.72 bits per heavy atom. The van der Waals surface area contributed by atoms with E-state index in [1.54, 1.807) is 12.1 Å². The molecule has 0 aliphatic carbocycles. The molecular formula is C14H13F2NO. The second-order valence-electron chi connectivity index (χ2n) is 4.01. The Labute approximate surface area is 104 Å². The summed E-state index contributed by atoms with van der Waals surface area (Å²) in [6.07, 6.45) is -2.62. The molecule has 0 unspecified atom stereocenters. The molecule has 0 atom stereocenters. The summed E-state index contributed by atoms with van der Waals surface area (Å²) in [5.41, 5.74) is 6.66. The van der Waals surface area contributed by atoms with E-state index in [0.717, 1.165) is 5.56 Å². The van der Waals surface area contributed by atoms with Gasteiger partial charge in [0.25, 0.3) is 6.43 Å². The van der Waals surface area contributed by atoms with Crippen LogP contribution in [0.4, 0.5) is 14.5 Å².